The smallest absolute Gasteiger partial charge is 0.237 e. The summed E-state index contributed by atoms with van der Waals surface area (Å²) >= 11 is 0. The summed E-state index contributed by atoms with van der Waals surface area (Å²) in [5.41, 5.74) is 7.03. The predicted molar refractivity (Wildman–Crippen MR) is 88.6 cm³/mol. The summed E-state index contributed by atoms with van der Waals surface area (Å²) < 4.78 is 5.84. The fourth-order valence-electron chi connectivity index (χ4n) is 2.86. The van der Waals surface area contributed by atoms with E-state index in [2.05, 4.69) is 5.32 Å². The maximum Gasteiger partial charge on any atom is 0.237 e. The molecule has 0 heterocycles. The van der Waals surface area contributed by atoms with E-state index in [1.165, 1.54) is 32.1 Å². The molecule has 1 aliphatic rings. The van der Waals surface area contributed by atoms with Gasteiger partial charge in [0, 0.05) is 13.2 Å². The highest BCUT2D eigenvalue weighted by atomic mass is 16.5. The van der Waals surface area contributed by atoms with Crippen molar-refractivity contribution in [1.82, 2.24) is 5.32 Å². The minimum atomic E-state index is -0.485. The fourth-order valence-corrected chi connectivity index (χ4v) is 2.86. The molecule has 1 fully saturated rings. The topological polar surface area (TPSA) is 64.4 Å². The second kappa shape index (κ2) is 9.59. The number of carbonyl (C=O) groups excluding carboxylic acids is 1. The van der Waals surface area contributed by atoms with Gasteiger partial charge in [-0.05, 0) is 31.2 Å². The molecular formula is C18H28N2O2. The summed E-state index contributed by atoms with van der Waals surface area (Å²) in [5, 5.41) is 2.90. The van der Waals surface area contributed by atoms with Gasteiger partial charge in [0.15, 0.2) is 0 Å². The molecule has 0 aliphatic heterocycles. The normalized spacial score (nSPS) is 17.1. The molecule has 0 saturated heterocycles. The van der Waals surface area contributed by atoms with E-state index in [0.29, 0.717) is 19.1 Å². The van der Waals surface area contributed by atoms with Crippen LogP contribution in [0.15, 0.2) is 30.3 Å². The molecule has 2 rings (SSSR count). The lowest BCUT2D eigenvalue weighted by molar-refractivity contribution is -0.122. The molecule has 1 saturated carbocycles. The lowest BCUT2D eigenvalue weighted by atomic mass is 9.98. The largest absolute Gasteiger partial charge is 0.378 e. The Morgan fingerprint density at radius 2 is 1.95 bits per heavy atom. The van der Waals surface area contributed by atoms with Crippen LogP contribution in [-0.2, 0) is 16.0 Å². The van der Waals surface area contributed by atoms with Crippen LogP contribution < -0.4 is 11.1 Å². The average Bonchev–Trinajstić information content (AvgIpc) is 2.56. The molecule has 1 atom stereocenters. The number of benzene rings is 1. The Hall–Kier alpha value is -1.39. The number of hydrogen-bond donors (Lipinski definition) is 2. The highest BCUT2D eigenvalue weighted by molar-refractivity contribution is 5.81. The van der Waals surface area contributed by atoms with E-state index < -0.39 is 6.04 Å². The van der Waals surface area contributed by atoms with Gasteiger partial charge in [0.2, 0.25) is 5.91 Å². The Balaban J connectivity index is 1.55. The van der Waals surface area contributed by atoms with Gasteiger partial charge in [-0.15, -0.1) is 0 Å². The molecule has 1 aromatic carbocycles. The molecule has 0 aromatic heterocycles. The SMILES string of the molecule is NC(Cc1ccccc1)C(=O)NCCCOC1CCCCC1. The number of rotatable bonds is 8. The lowest BCUT2D eigenvalue weighted by Gasteiger charge is -2.22. The van der Waals surface area contributed by atoms with Gasteiger partial charge in [-0.2, -0.15) is 0 Å². The summed E-state index contributed by atoms with van der Waals surface area (Å²) in [6.07, 6.45) is 8.15. The van der Waals surface area contributed by atoms with Crippen molar-refractivity contribution in [3.8, 4) is 0 Å². The van der Waals surface area contributed by atoms with E-state index >= 15 is 0 Å². The first-order valence-corrected chi connectivity index (χ1v) is 8.44. The van der Waals surface area contributed by atoms with Crippen molar-refractivity contribution in [3.63, 3.8) is 0 Å². The quantitative estimate of drug-likeness (QED) is 0.725. The molecule has 4 heteroatoms. The first-order chi connectivity index (χ1) is 10.8. The van der Waals surface area contributed by atoms with Crippen LogP contribution in [0.3, 0.4) is 0 Å². The summed E-state index contributed by atoms with van der Waals surface area (Å²) in [6.45, 7) is 1.35. The molecule has 122 valence electrons. The summed E-state index contributed by atoms with van der Waals surface area (Å²) in [6, 6.07) is 9.38. The van der Waals surface area contributed by atoms with E-state index in [4.69, 9.17) is 10.5 Å². The van der Waals surface area contributed by atoms with E-state index in [0.717, 1.165) is 18.6 Å². The molecule has 1 aromatic rings. The van der Waals surface area contributed by atoms with Gasteiger partial charge in [0.05, 0.1) is 12.1 Å². The van der Waals surface area contributed by atoms with Crippen LogP contribution in [0.5, 0.6) is 0 Å². The van der Waals surface area contributed by atoms with E-state index in [1.807, 2.05) is 30.3 Å². The van der Waals surface area contributed by atoms with Gasteiger partial charge in [0.25, 0.3) is 0 Å². The third-order valence-electron chi connectivity index (χ3n) is 4.16. The Morgan fingerprint density at radius 1 is 1.23 bits per heavy atom. The highest BCUT2D eigenvalue weighted by Gasteiger charge is 2.14. The zero-order chi connectivity index (χ0) is 15.6. The number of ether oxygens (including phenoxy) is 1. The minimum Gasteiger partial charge on any atom is -0.378 e. The van der Waals surface area contributed by atoms with Crippen molar-refractivity contribution < 1.29 is 9.53 Å². The zero-order valence-corrected chi connectivity index (χ0v) is 13.3. The monoisotopic (exact) mass is 304 g/mol. The van der Waals surface area contributed by atoms with Gasteiger partial charge in [-0.1, -0.05) is 49.6 Å². The van der Waals surface area contributed by atoms with Crippen LogP contribution in [0.4, 0.5) is 0 Å². The van der Waals surface area contributed by atoms with Crippen molar-refractivity contribution in [2.45, 2.75) is 57.1 Å². The Labute approximate surface area is 133 Å². The zero-order valence-electron chi connectivity index (χ0n) is 13.3. The second-order valence-corrected chi connectivity index (χ2v) is 6.07. The van der Waals surface area contributed by atoms with Crippen LogP contribution in [0.1, 0.15) is 44.1 Å². The van der Waals surface area contributed by atoms with Gasteiger partial charge >= 0.3 is 0 Å². The third-order valence-corrected chi connectivity index (χ3v) is 4.16. The number of nitrogens with one attached hydrogen (secondary N) is 1. The maximum atomic E-state index is 11.9. The van der Waals surface area contributed by atoms with Crippen molar-refractivity contribution in [3.05, 3.63) is 35.9 Å². The maximum absolute atomic E-state index is 11.9. The lowest BCUT2D eigenvalue weighted by Crippen LogP contribution is -2.42. The summed E-state index contributed by atoms with van der Waals surface area (Å²) in [5.74, 6) is -0.0819. The van der Waals surface area contributed by atoms with Crippen LogP contribution >= 0.6 is 0 Å². The van der Waals surface area contributed by atoms with Gasteiger partial charge in [0.1, 0.15) is 0 Å². The van der Waals surface area contributed by atoms with Crippen molar-refractivity contribution in [1.29, 1.82) is 0 Å². The van der Waals surface area contributed by atoms with E-state index in [9.17, 15) is 4.79 Å². The summed E-state index contributed by atoms with van der Waals surface area (Å²) in [7, 11) is 0. The predicted octanol–water partition coefficient (Wildman–Crippen LogP) is 2.41. The number of hydrogen-bond acceptors (Lipinski definition) is 3. The first kappa shape index (κ1) is 17.0. The molecule has 1 amide bonds. The Morgan fingerprint density at radius 3 is 2.68 bits per heavy atom. The number of amides is 1. The van der Waals surface area contributed by atoms with Gasteiger partial charge < -0.3 is 15.8 Å². The van der Waals surface area contributed by atoms with Crippen molar-refractivity contribution in [2.75, 3.05) is 13.2 Å². The average molecular weight is 304 g/mol. The van der Waals surface area contributed by atoms with Gasteiger partial charge in [-0.3, -0.25) is 4.79 Å². The Kier molecular flexibility index (Phi) is 7.40. The molecule has 1 unspecified atom stereocenters. The molecule has 4 nitrogen and oxygen atoms in total. The second-order valence-electron chi connectivity index (χ2n) is 6.07. The molecular weight excluding hydrogens is 276 g/mol. The minimum absolute atomic E-state index is 0.0819. The first-order valence-electron chi connectivity index (χ1n) is 8.44. The van der Waals surface area contributed by atoms with E-state index in [1.54, 1.807) is 0 Å². The van der Waals surface area contributed by atoms with Crippen molar-refractivity contribution in [2.24, 2.45) is 5.73 Å². The van der Waals surface area contributed by atoms with E-state index in [-0.39, 0.29) is 5.91 Å². The molecule has 0 radical (unpaired) electrons. The summed E-state index contributed by atoms with van der Waals surface area (Å²) in [4.78, 5) is 11.9. The van der Waals surface area contributed by atoms with Crippen LogP contribution in [-0.4, -0.2) is 31.2 Å². The number of nitrogens with two attached hydrogens (primary N) is 1. The molecule has 22 heavy (non-hydrogen) atoms. The highest BCUT2D eigenvalue weighted by Crippen LogP contribution is 2.20. The Bertz CT molecular complexity index is 430. The van der Waals surface area contributed by atoms with Gasteiger partial charge in [-0.25, -0.2) is 0 Å². The molecule has 3 N–H and O–H groups in total. The fraction of sp³-hybridized carbons (Fsp3) is 0.611. The standard InChI is InChI=1S/C18H28N2O2/c19-17(14-15-8-3-1-4-9-15)18(21)20-12-7-13-22-16-10-5-2-6-11-16/h1,3-4,8-9,16-17H,2,5-7,10-14,19H2,(H,20,21). The number of carbonyl (C=O) groups is 1. The van der Waals surface area contributed by atoms with Crippen LogP contribution in [0, 0.1) is 0 Å². The molecule has 0 bridgehead atoms. The molecule has 1 aliphatic carbocycles. The van der Waals surface area contributed by atoms with Crippen LogP contribution in [0.25, 0.3) is 0 Å². The third kappa shape index (κ3) is 6.16. The van der Waals surface area contributed by atoms with Crippen LogP contribution in [0.2, 0.25) is 0 Å². The molecule has 0 spiro atoms. The van der Waals surface area contributed by atoms with Crippen molar-refractivity contribution >= 4 is 5.91 Å².